The van der Waals surface area contributed by atoms with Gasteiger partial charge in [0.2, 0.25) is 0 Å². The Hall–Kier alpha value is -0.180. The summed E-state index contributed by atoms with van der Waals surface area (Å²) in [4.78, 5) is 10.4. The molecule has 0 amide bonds. The Bertz CT molecular complexity index is 157. The minimum atomic E-state index is -2.98. The highest BCUT2D eigenvalue weighted by Crippen LogP contribution is 2.42. The Morgan fingerprint density at radius 1 is 1.40 bits per heavy atom. The van der Waals surface area contributed by atoms with Crippen LogP contribution in [0.4, 0.5) is 0 Å². The molecule has 0 aromatic carbocycles. The van der Waals surface area contributed by atoms with Gasteiger partial charge in [-0.3, -0.25) is 4.79 Å². The summed E-state index contributed by atoms with van der Waals surface area (Å²) in [6, 6.07) is 0. The van der Waals surface area contributed by atoms with Gasteiger partial charge in [-0.2, -0.15) is 0 Å². The zero-order valence-corrected chi connectivity index (χ0v) is 6.67. The van der Waals surface area contributed by atoms with Crippen LogP contribution in [0, 0.1) is 0 Å². The van der Waals surface area contributed by atoms with Crippen molar-refractivity contribution < 1.29 is 19.6 Å². The first-order chi connectivity index (χ1) is 4.54. The van der Waals surface area contributed by atoms with Crippen molar-refractivity contribution in [2.75, 3.05) is 18.9 Å². The van der Waals surface area contributed by atoms with Crippen LogP contribution >= 0.6 is 7.14 Å². The zero-order valence-electron chi connectivity index (χ0n) is 5.78. The van der Waals surface area contributed by atoms with Gasteiger partial charge in [-0.1, -0.05) is 0 Å². The molecule has 0 saturated heterocycles. The summed E-state index contributed by atoms with van der Waals surface area (Å²) in [5.74, 6) is -0.272. The molecule has 0 aliphatic rings. The van der Waals surface area contributed by atoms with E-state index in [-0.39, 0.29) is 11.9 Å². The third-order valence-corrected chi connectivity index (χ3v) is 3.08. The molecule has 0 saturated carbocycles. The van der Waals surface area contributed by atoms with E-state index in [1.54, 1.807) is 0 Å². The predicted molar refractivity (Wildman–Crippen MR) is 37.3 cm³/mol. The molecule has 0 heterocycles. The lowest BCUT2D eigenvalue weighted by atomic mass is 10.5. The van der Waals surface area contributed by atoms with Gasteiger partial charge in [0.25, 0.3) is 0 Å². The molecule has 0 rings (SSSR count). The van der Waals surface area contributed by atoms with Crippen LogP contribution < -0.4 is 0 Å². The van der Waals surface area contributed by atoms with E-state index in [1.807, 2.05) is 0 Å². The summed E-state index contributed by atoms with van der Waals surface area (Å²) >= 11 is 0. The average molecular weight is 166 g/mol. The Morgan fingerprint density at radius 3 is 1.90 bits per heavy atom. The highest BCUT2D eigenvalue weighted by Gasteiger charge is 2.21. The van der Waals surface area contributed by atoms with E-state index in [0.717, 1.165) is 0 Å². The Labute approximate surface area is 59.2 Å². The van der Waals surface area contributed by atoms with Gasteiger partial charge in [0.15, 0.2) is 0 Å². The summed E-state index contributed by atoms with van der Waals surface area (Å²) in [6.07, 6.45) is -1.40. The third kappa shape index (κ3) is 3.11. The van der Waals surface area contributed by atoms with E-state index >= 15 is 0 Å². The van der Waals surface area contributed by atoms with Crippen molar-refractivity contribution in [3.05, 3.63) is 0 Å². The van der Waals surface area contributed by atoms with Crippen molar-refractivity contribution in [1.29, 1.82) is 0 Å². The second-order valence-corrected chi connectivity index (χ2v) is 5.20. The van der Waals surface area contributed by atoms with Gasteiger partial charge in [-0.25, -0.2) is 0 Å². The van der Waals surface area contributed by atoms with Crippen LogP contribution in [0.5, 0.6) is 0 Å². The first kappa shape index (κ1) is 9.82. The highest BCUT2D eigenvalue weighted by atomic mass is 31.2. The molecule has 0 spiro atoms. The van der Waals surface area contributed by atoms with Crippen LogP contribution in [0.3, 0.4) is 0 Å². The molecule has 0 aromatic rings. The molecule has 0 radical (unpaired) electrons. The van der Waals surface area contributed by atoms with Crippen LogP contribution in [0.15, 0.2) is 0 Å². The van der Waals surface area contributed by atoms with Crippen LogP contribution in [0.2, 0.25) is 0 Å². The lowest BCUT2D eigenvalue weighted by molar-refractivity contribution is -0.114. The molecule has 0 fully saturated rings. The largest absolute Gasteiger partial charge is 0.389 e. The number of carbonyl (C=O) groups excluding carboxylic acids is 1. The van der Waals surface area contributed by atoms with Gasteiger partial charge in [-0.15, -0.1) is 0 Å². The number of carbonyl (C=O) groups is 1. The summed E-state index contributed by atoms with van der Waals surface area (Å²) in [5, 5.41) is 16.9. The Kier molecular flexibility index (Phi) is 3.79. The number of Topliss-reactive ketones (excluding diaryl/α,β-unsaturated/α-hetero) is 1. The number of hydrogen-bond acceptors (Lipinski definition) is 4. The number of hydrogen-bond donors (Lipinski definition) is 2. The number of rotatable bonds is 4. The maximum atomic E-state index is 11.0. The lowest BCUT2D eigenvalue weighted by Crippen LogP contribution is -2.05. The number of ketones is 1. The lowest BCUT2D eigenvalue weighted by Gasteiger charge is -2.08. The maximum absolute atomic E-state index is 11.0. The van der Waals surface area contributed by atoms with Gasteiger partial charge < -0.3 is 14.8 Å². The van der Waals surface area contributed by atoms with Gasteiger partial charge in [-0.05, 0) is 6.92 Å². The summed E-state index contributed by atoms with van der Waals surface area (Å²) in [5.41, 5.74) is 0. The fourth-order valence-corrected chi connectivity index (χ4v) is 1.65. The fraction of sp³-hybridized carbons (Fsp3) is 0.800. The fourth-order valence-electron chi connectivity index (χ4n) is 0.551. The van der Waals surface area contributed by atoms with Crippen molar-refractivity contribution in [1.82, 2.24) is 0 Å². The van der Waals surface area contributed by atoms with Crippen LogP contribution in [0.25, 0.3) is 0 Å². The molecule has 2 N–H and O–H groups in total. The smallest absolute Gasteiger partial charge is 0.143 e. The molecule has 0 bridgehead atoms. The molecular formula is C5H11O4P. The molecule has 0 aliphatic carbocycles. The van der Waals surface area contributed by atoms with Crippen LogP contribution in [-0.2, 0) is 9.36 Å². The average Bonchev–Trinajstić information content (AvgIpc) is 1.87. The maximum Gasteiger partial charge on any atom is 0.143 e. The first-order valence-corrected chi connectivity index (χ1v) is 5.08. The molecule has 10 heavy (non-hydrogen) atoms. The van der Waals surface area contributed by atoms with Gasteiger partial charge in [0.1, 0.15) is 12.9 Å². The molecule has 0 atom stereocenters. The standard InChI is InChI=1S/C5H11O4P/c1-5(8)2-10(9,3-6)4-7/h6-7H,2-4H2,1H3. The molecule has 0 aromatic heterocycles. The first-order valence-electron chi connectivity index (χ1n) is 2.82. The van der Waals surface area contributed by atoms with Crippen molar-refractivity contribution in [3.63, 3.8) is 0 Å². The van der Waals surface area contributed by atoms with Gasteiger partial charge in [0.05, 0.1) is 18.9 Å². The predicted octanol–water partition coefficient (Wildman–Crippen LogP) is -0.162. The van der Waals surface area contributed by atoms with E-state index in [2.05, 4.69) is 0 Å². The Morgan fingerprint density at radius 2 is 1.80 bits per heavy atom. The van der Waals surface area contributed by atoms with Crippen molar-refractivity contribution >= 4 is 12.9 Å². The summed E-state index contributed by atoms with van der Waals surface area (Å²) in [7, 11) is -2.98. The second kappa shape index (κ2) is 3.86. The van der Waals surface area contributed by atoms with Gasteiger partial charge in [0, 0.05) is 0 Å². The SMILES string of the molecule is CC(=O)CP(=O)(CO)CO. The van der Waals surface area contributed by atoms with Crippen molar-refractivity contribution in [2.45, 2.75) is 6.92 Å². The third-order valence-electron chi connectivity index (χ3n) is 1.03. The van der Waals surface area contributed by atoms with E-state index < -0.39 is 19.8 Å². The minimum absolute atomic E-state index is 0.208. The van der Waals surface area contributed by atoms with E-state index in [9.17, 15) is 9.36 Å². The zero-order chi connectivity index (χ0) is 8.20. The quantitative estimate of drug-likeness (QED) is 0.569. The Balaban J connectivity index is 4.07. The molecule has 4 nitrogen and oxygen atoms in total. The summed E-state index contributed by atoms with van der Waals surface area (Å²) in [6.45, 7) is 1.28. The highest BCUT2D eigenvalue weighted by molar-refractivity contribution is 7.64. The monoisotopic (exact) mass is 166 g/mol. The number of aliphatic hydroxyl groups is 2. The topological polar surface area (TPSA) is 74.6 Å². The molecule has 60 valence electrons. The van der Waals surface area contributed by atoms with Gasteiger partial charge >= 0.3 is 0 Å². The normalized spacial score (nSPS) is 11.5. The van der Waals surface area contributed by atoms with E-state index in [4.69, 9.17) is 10.2 Å². The van der Waals surface area contributed by atoms with E-state index in [1.165, 1.54) is 6.92 Å². The summed E-state index contributed by atoms with van der Waals surface area (Å²) < 4.78 is 11.0. The van der Waals surface area contributed by atoms with Crippen molar-refractivity contribution in [2.24, 2.45) is 0 Å². The second-order valence-electron chi connectivity index (χ2n) is 2.20. The van der Waals surface area contributed by atoms with Crippen LogP contribution in [-0.4, -0.2) is 34.9 Å². The molecule has 0 aliphatic heterocycles. The van der Waals surface area contributed by atoms with E-state index in [0.29, 0.717) is 0 Å². The van der Waals surface area contributed by atoms with Crippen molar-refractivity contribution in [3.8, 4) is 0 Å². The van der Waals surface area contributed by atoms with Crippen LogP contribution in [0.1, 0.15) is 6.92 Å². The number of aliphatic hydroxyl groups excluding tert-OH is 2. The minimum Gasteiger partial charge on any atom is -0.389 e. The molecular weight excluding hydrogens is 155 g/mol. The molecule has 0 unspecified atom stereocenters. The molecule has 5 heteroatoms.